The van der Waals surface area contributed by atoms with Crippen molar-refractivity contribution in [2.24, 2.45) is 0 Å². The molecule has 0 aromatic heterocycles. The zero-order valence-electron chi connectivity index (χ0n) is 15.9. The molecule has 1 atom stereocenters. The van der Waals surface area contributed by atoms with E-state index < -0.39 is 0 Å². The molecule has 1 unspecified atom stereocenters. The molecule has 0 fully saturated rings. The molecule has 4 aromatic rings. The quantitative estimate of drug-likeness (QED) is 0.413. The maximum atomic E-state index is 6.30. The van der Waals surface area contributed by atoms with Crippen LogP contribution >= 0.6 is 0 Å². The van der Waals surface area contributed by atoms with Gasteiger partial charge in [-0.3, -0.25) is 0 Å². The number of benzene rings is 4. The lowest BCUT2D eigenvalue weighted by atomic mass is 10.0. The maximum absolute atomic E-state index is 6.30. The van der Waals surface area contributed by atoms with Gasteiger partial charge in [0.2, 0.25) is 0 Å². The second-order valence-electron chi connectivity index (χ2n) is 6.72. The second-order valence-corrected chi connectivity index (χ2v) is 6.72. The lowest BCUT2D eigenvalue weighted by Gasteiger charge is -2.20. The van der Waals surface area contributed by atoms with Gasteiger partial charge in [0.1, 0.15) is 23.4 Å². The van der Waals surface area contributed by atoms with E-state index in [2.05, 4.69) is 12.1 Å². The highest BCUT2D eigenvalue weighted by Crippen LogP contribution is 2.31. The fraction of sp³-hybridized carbons (Fsp3) is 0.0400. The van der Waals surface area contributed by atoms with Crippen molar-refractivity contribution < 1.29 is 9.47 Å². The Bertz CT molecular complexity index is 1040. The average Bonchev–Trinajstić information content (AvgIpc) is 2.76. The molecule has 0 spiro atoms. The second kappa shape index (κ2) is 8.40. The van der Waals surface area contributed by atoms with Gasteiger partial charge in [-0.15, -0.1) is 0 Å². The first kappa shape index (κ1) is 18.4. The van der Waals surface area contributed by atoms with E-state index in [9.17, 15) is 0 Å². The molecular weight excluding hydrogens is 360 g/mol. The SMILES string of the molecule is Nc1ccc(Oc2ccc(C(Oc3ccc(N)cc3)c3ccccc3)cc2)cc1. The number of rotatable bonds is 6. The highest BCUT2D eigenvalue weighted by atomic mass is 16.5. The van der Waals surface area contributed by atoms with Gasteiger partial charge < -0.3 is 20.9 Å². The highest BCUT2D eigenvalue weighted by Gasteiger charge is 2.16. The molecule has 0 aliphatic rings. The highest BCUT2D eigenvalue weighted by molar-refractivity contribution is 5.44. The lowest BCUT2D eigenvalue weighted by Crippen LogP contribution is -2.09. The number of hydrogen-bond donors (Lipinski definition) is 2. The normalized spacial score (nSPS) is 11.6. The number of nitrogen functional groups attached to an aromatic ring is 2. The topological polar surface area (TPSA) is 70.5 Å². The fourth-order valence-electron chi connectivity index (χ4n) is 3.02. The van der Waals surface area contributed by atoms with Gasteiger partial charge >= 0.3 is 0 Å². The van der Waals surface area contributed by atoms with Crippen LogP contribution in [0, 0.1) is 0 Å². The maximum Gasteiger partial charge on any atom is 0.149 e. The summed E-state index contributed by atoms with van der Waals surface area (Å²) in [7, 11) is 0. The molecule has 4 rings (SSSR count). The lowest BCUT2D eigenvalue weighted by molar-refractivity contribution is 0.247. The van der Waals surface area contributed by atoms with Gasteiger partial charge in [-0.1, -0.05) is 42.5 Å². The predicted octanol–water partition coefficient (Wildman–Crippen LogP) is 5.81. The Hall–Kier alpha value is -3.92. The molecule has 0 aliphatic carbocycles. The fourth-order valence-corrected chi connectivity index (χ4v) is 3.02. The Kier molecular flexibility index (Phi) is 5.34. The van der Waals surface area contributed by atoms with Crippen molar-refractivity contribution in [3.05, 3.63) is 114 Å². The Morgan fingerprint density at radius 1 is 0.483 bits per heavy atom. The third-order valence-corrected chi connectivity index (χ3v) is 4.54. The molecule has 144 valence electrons. The summed E-state index contributed by atoms with van der Waals surface area (Å²) < 4.78 is 12.2. The first-order valence-corrected chi connectivity index (χ1v) is 9.38. The van der Waals surface area contributed by atoms with Crippen molar-refractivity contribution in [3.63, 3.8) is 0 Å². The van der Waals surface area contributed by atoms with Crippen LogP contribution in [0.4, 0.5) is 11.4 Å². The Labute approximate surface area is 170 Å². The summed E-state index contributed by atoms with van der Waals surface area (Å²) in [6, 6.07) is 32.8. The molecule has 0 radical (unpaired) electrons. The van der Waals surface area contributed by atoms with Gasteiger partial charge in [0.05, 0.1) is 0 Å². The zero-order chi connectivity index (χ0) is 20.1. The number of anilines is 2. The Balaban J connectivity index is 1.58. The van der Waals surface area contributed by atoms with E-state index >= 15 is 0 Å². The zero-order valence-corrected chi connectivity index (χ0v) is 15.9. The van der Waals surface area contributed by atoms with E-state index in [0.717, 1.165) is 28.4 Å². The van der Waals surface area contributed by atoms with Gasteiger partial charge in [-0.2, -0.15) is 0 Å². The third kappa shape index (κ3) is 4.68. The molecule has 0 heterocycles. The summed E-state index contributed by atoms with van der Waals surface area (Å²) in [5.74, 6) is 2.25. The van der Waals surface area contributed by atoms with Crippen LogP contribution in [0.5, 0.6) is 17.2 Å². The van der Waals surface area contributed by atoms with Gasteiger partial charge in [-0.05, 0) is 71.8 Å². The van der Waals surface area contributed by atoms with E-state index in [4.69, 9.17) is 20.9 Å². The van der Waals surface area contributed by atoms with Crippen molar-refractivity contribution in [1.82, 2.24) is 0 Å². The number of ether oxygens (including phenoxy) is 2. The number of hydrogen-bond acceptors (Lipinski definition) is 4. The van der Waals surface area contributed by atoms with E-state index in [1.165, 1.54) is 0 Å². The van der Waals surface area contributed by atoms with Crippen LogP contribution in [-0.2, 0) is 0 Å². The monoisotopic (exact) mass is 382 g/mol. The molecule has 4 nitrogen and oxygen atoms in total. The molecule has 0 saturated carbocycles. The van der Waals surface area contributed by atoms with Crippen molar-refractivity contribution in [2.75, 3.05) is 11.5 Å². The Morgan fingerprint density at radius 3 is 1.48 bits per heavy atom. The van der Waals surface area contributed by atoms with Gasteiger partial charge in [-0.25, -0.2) is 0 Å². The van der Waals surface area contributed by atoms with Crippen LogP contribution in [0.15, 0.2) is 103 Å². The minimum absolute atomic E-state index is 0.245. The standard InChI is InChI=1S/C25H22N2O2/c26-20-8-14-23(15-9-20)28-22-12-6-19(7-13-22)25(18-4-2-1-3-5-18)29-24-16-10-21(27)11-17-24/h1-17,25H,26-27H2. The molecule has 4 N–H and O–H groups in total. The van der Waals surface area contributed by atoms with Crippen LogP contribution in [-0.4, -0.2) is 0 Å². The smallest absolute Gasteiger partial charge is 0.149 e. The molecular formula is C25H22N2O2. The summed E-state index contributed by atoms with van der Waals surface area (Å²) in [4.78, 5) is 0. The summed E-state index contributed by atoms with van der Waals surface area (Å²) in [6.45, 7) is 0. The Morgan fingerprint density at radius 2 is 0.931 bits per heavy atom. The molecule has 4 heteroatoms. The van der Waals surface area contributed by atoms with E-state index in [0.29, 0.717) is 11.4 Å². The minimum atomic E-state index is -0.245. The van der Waals surface area contributed by atoms with Crippen LogP contribution in [0.2, 0.25) is 0 Å². The summed E-state index contributed by atoms with van der Waals surface area (Å²) >= 11 is 0. The van der Waals surface area contributed by atoms with Crippen LogP contribution < -0.4 is 20.9 Å². The average molecular weight is 382 g/mol. The van der Waals surface area contributed by atoms with Crippen LogP contribution in [0.3, 0.4) is 0 Å². The first-order chi connectivity index (χ1) is 14.2. The summed E-state index contributed by atoms with van der Waals surface area (Å²) in [5, 5.41) is 0. The first-order valence-electron chi connectivity index (χ1n) is 9.38. The van der Waals surface area contributed by atoms with E-state index in [-0.39, 0.29) is 6.10 Å². The molecule has 0 amide bonds. The molecule has 0 bridgehead atoms. The molecule has 0 saturated heterocycles. The van der Waals surface area contributed by atoms with Gasteiger partial charge in [0.25, 0.3) is 0 Å². The minimum Gasteiger partial charge on any atom is -0.481 e. The predicted molar refractivity (Wildman–Crippen MR) is 117 cm³/mol. The van der Waals surface area contributed by atoms with Crippen molar-refractivity contribution in [3.8, 4) is 17.2 Å². The molecule has 29 heavy (non-hydrogen) atoms. The largest absolute Gasteiger partial charge is 0.481 e. The summed E-state index contributed by atoms with van der Waals surface area (Å²) in [5.41, 5.74) is 15.0. The van der Waals surface area contributed by atoms with Crippen LogP contribution in [0.25, 0.3) is 0 Å². The molecule has 0 aliphatic heterocycles. The van der Waals surface area contributed by atoms with Crippen molar-refractivity contribution in [2.45, 2.75) is 6.10 Å². The van der Waals surface area contributed by atoms with Crippen molar-refractivity contribution >= 4 is 11.4 Å². The van der Waals surface area contributed by atoms with Crippen molar-refractivity contribution in [1.29, 1.82) is 0 Å². The van der Waals surface area contributed by atoms with E-state index in [1.54, 1.807) is 0 Å². The van der Waals surface area contributed by atoms with E-state index in [1.807, 2.05) is 91.0 Å². The van der Waals surface area contributed by atoms with Gasteiger partial charge in [0.15, 0.2) is 0 Å². The molecule has 4 aromatic carbocycles. The number of nitrogens with two attached hydrogens (primary N) is 2. The summed E-state index contributed by atoms with van der Waals surface area (Å²) in [6.07, 6.45) is -0.245. The third-order valence-electron chi connectivity index (χ3n) is 4.54. The van der Waals surface area contributed by atoms with Crippen LogP contribution in [0.1, 0.15) is 17.2 Å². The van der Waals surface area contributed by atoms with Gasteiger partial charge in [0, 0.05) is 11.4 Å².